The van der Waals surface area contributed by atoms with Crippen LogP contribution in [0.2, 0.25) is 0 Å². The summed E-state index contributed by atoms with van der Waals surface area (Å²) >= 11 is 0. The first-order valence-electron chi connectivity index (χ1n) is 7.46. The van der Waals surface area contributed by atoms with Gasteiger partial charge in [-0.1, -0.05) is 6.92 Å². The maximum Gasteiger partial charge on any atom is 0.239 e. The molecule has 6 nitrogen and oxygen atoms in total. The van der Waals surface area contributed by atoms with E-state index in [0.29, 0.717) is 19.1 Å². The molecule has 0 aromatic heterocycles. The fraction of sp³-hybridized carbons (Fsp3) is 0.857. The average Bonchev–Trinajstić information content (AvgIpc) is 2.45. The second-order valence-electron chi connectivity index (χ2n) is 5.52. The standard InChI is InChI=1S/C14H28N4O2/c1-4-7-16-13(19)10-18(3)14(20)11-17(2)12-6-5-8-15-9-12/h12,15H,4-11H2,1-3H3,(H,16,19). The first-order valence-corrected chi connectivity index (χ1v) is 7.46. The summed E-state index contributed by atoms with van der Waals surface area (Å²) < 4.78 is 0. The number of carbonyl (C=O) groups excluding carboxylic acids is 2. The van der Waals surface area contributed by atoms with Crippen molar-refractivity contribution in [2.45, 2.75) is 32.2 Å². The molecule has 2 N–H and O–H groups in total. The second kappa shape index (κ2) is 8.92. The van der Waals surface area contributed by atoms with Gasteiger partial charge in [0.05, 0.1) is 13.1 Å². The number of nitrogens with zero attached hydrogens (tertiary/aromatic N) is 2. The van der Waals surface area contributed by atoms with Crippen LogP contribution in [0.5, 0.6) is 0 Å². The van der Waals surface area contributed by atoms with Crippen LogP contribution < -0.4 is 10.6 Å². The van der Waals surface area contributed by atoms with Gasteiger partial charge in [-0.15, -0.1) is 0 Å². The van der Waals surface area contributed by atoms with E-state index in [4.69, 9.17) is 0 Å². The van der Waals surface area contributed by atoms with Gasteiger partial charge in [-0.05, 0) is 32.9 Å². The smallest absolute Gasteiger partial charge is 0.239 e. The first-order chi connectivity index (χ1) is 9.54. The zero-order chi connectivity index (χ0) is 15.0. The molecule has 20 heavy (non-hydrogen) atoms. The highest BCUT2D eigenvalue weighted by Gasteiger charge is 2.21. The Morgan fingerprint density at radius 1 is 1.30 bits per heavy atom. The van der Waals surface area contributed by atoms with Gasteiger partial charge in [-0.2, -0.15) is 0 Å². The predicted molar refractivity (Wildman–Crippen MR) is 79.5 cm³/mol. The van der Waals surface area contributed by atoms with Gasteiger partial charge in [0.2, 0.25) is 11.8 Å². The summed E-state index contributed by atoms with van der Waals surface area (Å²) in [5.74, 6) is -0.102. The van der Waals surface area contributed by atoms with Crippen molar-refractivity contribution in [2.24, 2.45) is 0 Å². The molecule has 0 bridgehead atoms. The van der Waals surface area contributed by atoms with E-state index in [1.807, 2.05) is 14.0 Å². The van der Waals surface area contributed by atoms with E-state index in [1.165, 1.54) is 4.90 Å². The molecule has 1 aliphatic rings. The molecule has 2 amide bonds. The second-order valence-corrected chi connectivity index (χ2v) is 5.52. The highest BCUT2D eigenvalue weighted by molar-refractivity contribution is 5.85. The lowest BCUT2D eigenvalue weighted by atomic mass is 10.1. The van der Waals surface area contributed by atoms with Crippen molar-refractivity contribution >= 4 is 11.8 Å². The molecule has 1 saturated heterocycles. The zero-order valence-electron chi connectivity index (χ0n) is 12.9. The fourth-order valence-electron chi connectivity index (χ4n) is 2.30. The van der Waals surface area contributed by atoms with Crippen LogP contribution in [0.1, 0.15) is 26.2 Å². The summed E-state index contributed by atoms with van der Waals surface area (Å²) in [4.78, 5) is 27.2. The third-order valence-electron chi connectivity index (χ3n) is 3.66. The zero-order valence-corrected chi connectivity index (χ0v) is 12.9. The molecule has 1 rings (SSSR count). The molecule has 1 atom stereocenters. The number of rotatable bonds is 7. The lowest BCUT2D eigenvalue weighted by Gasteiger charge is -2.32. The van der Waals surface area contributed by atoms with Gasteiger partial charge >= 0.3 is 0 Å². The van der Waals surface area contributed by atoms with Crippen LogP contribution in [0.3, 0.4) is 0 Å². The van der Waals surface area contributed by atoms with Gasteiger partial charge in [0.25, 0.3) is 0 Å². The topological polar surface area (TPSA) is 64.7 Å². The van der Waals surface area contributed by atoms with Gasteiger partial charge in [-0.25, -0.2) is 0 Å². The number of likely N-dealkylation sites (N-methyl/N-ethyl adjacent to an activating group) is 2. The number of hydrogen-bond donors (Lipinski definition) is 2. The monoisotopic (exact) mass is 284 g/mol. The van der Waals surface area contributed by atoms with Gasteiger partial charge < -0.3 is 15.5 Å². The largest absolute Gasteiger partial charge is 0.355 e. The molecule has 6 heteroatoms. The maximum atomic E-state index is 12.1. The Bertz CT molecular complexity index is 316. The molecule has 0 aliphatic carbocycles. The normalized spacial score (nSPS) is 18.9. The number of nitrogens with one attached hydrogen (secondary N) is 2. The van der Waals surface area contributed by atoms with Crippen LogP contribution in [0.4, 0.5) is 0 Å². The molecule has 0 radical (unpaired) electrons. The number of amides is 2. The van der Waals surface area contributed by atoms with Crippen molar-refractivity contribution in [3.63, 3.8) is 0 Å². The fourth-order valence-corrected chi connectivity index (χ4v) is 2.30. The summed E-state index contributed by atoms with van der Waals surface area (Å²) in [6.07, 6.45) is 3.18. The van der Waals surface area contributed by atoms with Crippen molar-refractivity contribution < 1.29 is 9.59 Å². The van der Waals surface area contributed by atoms with E-state index in [1.54, 1.807) is 7.05 Å². The Morgan fingerprint density at radius 3 is 2.65 bits per heavy atom. The molecule has 0 saturated carbocycles. The maximum absolute atomic E-state index is 12.1. The third-order valence-corrected chi connectivity index (χ3v) is 3.66. The minimum absolute atomic E-state index is 0.00952. The van der Waals surface area contributed by atoms with Gasteiger partial charge in [0, 0.05) is 26.2 Å². The Morgan fingerprint density at radius 2 is 2.05 bits per heavy atom. The minimum Gasteiger partial charge on any atom is -0.355 e. The summed E-state index contributed by atoms with van der Waals surface area (Å²) in [5.41, 5.74) is 0. The quantitative estimate of drug-likeness (QED) is 0.671. The van der Waals surface area contributed by atoms with E-state index in [0.717, 1.165) is 32.4 Å². The summed E-state index contributed by atoms with van der Waals surface area (Å²) in [6, 6.07) is 0.412. The molecular weight excluding hydrogens is 256 g/mol. The minimum atomic E-state index is -0.0929. The Labute approximate surface area is 121 Å². The predicted octanol–water partition coefficient (Wildman–Crippen LogP) is -0.345. The highest BCUT2D eigenvalue weighted by atomic mass is 16.2. The molecule has 1 heterocycles. The Balaban J connectivity index is 2.31. The van der Waals surface area contributed by atoms with Gasteiger partial charge in [0.15, 0.2) is 0 Å². The Kier molecular flexibility index (Phi) is 7.54. The van der Waals surface area contributed by atoms with Crippen molar-refractivity contribution in [3.8, 4) is 0 Å². The summed E-state index contributed by atoms with van der Waals surface area (Å²) in [6.45, 7) is 5.16. The van der Waals surface area contributed by atoms with E-state index < -0.39 is 0 Å². The van der Waals surface area contributed by atoms with E-state index in [9.17, 15) is 9.59 Å². The van der Waals surface area contributed by atoms with Crippen molar-refractivity contribution in [1.29, 1.82) is 0 Å². The van der Waals surface area contributed by atoms with Crippen molar-refractivity contribution in [3.05, 3.63) is 0 Å². The number of hydrogen-bond acceptors (Lipinski definition) is 4. The number of carbonyl (C=O) groups is 2. The molecule has 1 aliphatic heterocycles. The van der Waals surface area contributed by atoms with Crippen LogP contribution >= 0.6 is 0 Å². The summed E-state index contributed by atoms with van der Waals surface area (Å²) in [7, 11) is 3.65. The molecule has 0 spiro atoms. The first kappa shape index (κ1) is 16.9. The van der Waals surface area contributed by atoms with Crippen LogP contribution in [0, 0.1) is 0 Å². The third kappa shape index (κ3) is 5.88. The lowest BCUT2D eigenvalue weighted by molar-refractivity contribution is -0.135. The average molecular weight is 284 g/mol. The van der Waals surface area contributed by atoms with Crippen molar-refractivity contribution in [2.75, 3.05) is 46.8 Å². The van der Waals surface area contributed by atoms with Crippen LogP contribution in [0.25, 0.3) is 0 Å². The molecular formula is C14H28N4O2. The summed E-state index contributed by atoms with van der Waals surface area (Å²) in [5, 5.41) is 6.12. The van der Waals surface area contributed by atoms with Gasteiger partial charge in [0.1, 0.15) is 0 Å². The number of piperidine rings is 1. The molecule has 116 valence electrons. The Hall–Kier alpha value is -1.14. The van der Waals surface area contributed by atoms with Crippen LogP contribution in [-0.2, 0) is 9.59 Å². The lowest BCUT2D eigenvalue weighted by Crippen LogP contribution is -2.49. The van der Waals surface area contributed by atoms with E-state index in [-0.39, 0.29) is 18.4 Å². The highest BCUT2D eigenvalue weighted by Crippen LogP contribution is 2.08. The van der Waals surface area contributed by atoms with E-state index >= 15 is 0 Å². The molecule has 0 aromatic rings. The molecule has 1 unspecified atom stereocenters. The SMILES string of the molecule is CCCNC(=O)CN(C)C(=O)CN(C)C1CCCNC1. The molecule has 0 aromatic carbocycles. The van der Waals surface area contributed by atoms with Crippen LogP contribution in [-0.4, -0.2) is 74.5 Å². The van der Waals surface area contributed by atoms with Crippen LogP contribution in [0.15, 0.2) is 0 Å². The van der Waals surface area contributed by atoms with E-state index in [2.05, 4.69) is 15.5 Å². The molecule has 1 fully saturated rings. The van der Waals surface area contributed by atoms with Gasteiger partial charge in [-0.3, -0.25) is 14.5 Å². The van der Waals surface area contributed by atoms with Crippen molar-refractivity contribution in [1.82, 2.24) is 20.4 Å².